The zero-order valence-electron chi connectivity index (χ0n) is 15.0. The third kappa shape index (κ3) is 3.14. The Morgan fingerprint density at radius 3 is 2.61 bits per heavy atom. The molecule has 1 aliphatic rings. The van der Waals surface area contributed by atoms with E-state index in [-0.39, 0.29) is 17.5 Å². The second kappa shape index (κ2) is 6.90. The van der Waals surface area contributed by atoms with Crippen LogP contribution in [-0.2, 0) is 17.1 Å². The van der Waals surface area contributed by atoms with Gasteiger partial charge in [0, 0.05) is 13.0 Å². The number of benzene rings is 2. The van der Waals surface area contributed by atoms with Crippen molar-refractivity contribution in [3.05, 3.63) is 77.5 Å². The van der Waals surface area contributed by atoms with Gasteiger partial charge in [-0.3, -0.25) is 4.68 Å². The summed E-state index contributed by atoms with van der Waals surface area (Å²) in [5, 5.41) is 20.9. The molecule has 4 rings (SSSR count). The summed E-state index contributed by atoms with van der Waals surface area (Å²) < 4.78 is 28.3. The monoisotopic (exact) mass is 392 g/mol. The van der Waals surface area contributed by atoms with E-state index in [4.69, 9.17) is 0 Å². The van der Waals surface area contributed by atoms with Gasteiger partial charge in [-0.05, 0) is 23.3 Å². The molecule has 0 saturated carbocycles. The minimum atomic E-state index is -3.93. The molecule has 0 saturated heterocycles. The van der Waals surface area contributed by atoms with E-state index in [1.807, 2.05) is 36.4 Å². The van der Waals surface area contributed by atoms with Crippen LogP contribution in [0.15, 0.2) is 70.9 Å². The standard InChI is InChI=1S/C19H16N6O2S/c1-24-13-18(21-23-24)28(26,27)25-12-17(16-9-5-6-14(10-16)11-20)19(22-25)15-7-3-2-4-8-15/h2-10,13,17H,12H2,1H3. The summed E-state index contributed by atoms with van der Waals surface area (Å²) in [4.78, 5) is 0. The number of nitriles is 1. The molecular formula is C19H16N6O2S. The number of aryl methyl sites for hydroxylation is 1. The molecule has 2 aromatic carbocycles. The lowest BCUT2D eigenvalue weighted by Crippen LogP contribution is -2.26. The van der Waals surface area contributed by atoms with Gasteiger partial charge < -0.3 is 0 Å². The van der Waals surface area contributed by atoms with Gasteiger partial charge >= 0.3 is 0 Å². The van der Waals surface area contributed by atoms with Gasteiger partial charge in [0.15, 0.2) is 0 Å². The lowest BCUT2D eigenvalue weighted by Gasteiger charge is -2.15. The number of rotatable bonds is 4. The molecule has 0 fully saturated rings. The lowest BCUT2D eigenvalue weighted by molar-refractivity contribution is 0.448. The topological polar surface area (TPSA) is 104 Å². The number of hydrogen-bond acceptors (Lipinski definition) is 6. The van der Waals surface area contributed by atoms with E-state index in [1.54, 1.807) is 25.2 Å². The van der Waals surface area contributed by atoms with Crippen LogP contribution in [0.2, 0.25) is 0 Å². The van der Waals surface area contributed by atoms with Crippen molar-refractivity contribution in [1.29, 1.82) is 5.26 Å². The highest BCUT2D eigenvalue weighted by atomic mass is 32.2. The highest BCUT2D eigenvalue weighted by molar-refractivity contribution is 7.89. The molecule has 3 aromatic rings. The maximum Gasteiger partial charge on any atom is 0.300 e. The Balaban J connectivity index is 1.79. The molecule has 0 aliphatic carbocycles. The van der Waals surface area contributed by atoms with Crippen LogP contribution in [0.3, 0.4) is 0 Å². The van der Waals surface area contributed by atoms with E-state index in [2.05, 4.69) is 21.5 Å². The molecule has 1 aromatic heterocycles. The van der Waals surface area contributed by atoms with Gasteiger partial charge in [-0.2, -0.15) is 23.2 Å². The molecule has 8 nitrogen and oxygen atoms in total. The first-order valence-corrected chi connectivity index (χ1v) is 9.96. The molecular weight excluding hydrogens is 376 g/mol. The molecule has 0 N–H and O–H groups in total. The molecule has 9 heteroatoms. The Morgan fingerprint density at radius 1 is 1.14 bits per heavy atom. The van der Waals surface area contributed by atoms with Gasteiger partial charge in [-0.1, -0.05) is 47.7 Å². The van der Waals surface area contributed by atoms with E-state index in [1.165, 1.54) is 10.9 Å². The molecule has 28 heavy (non-hydrogen) atoms. The van der Waals surface area contributed by atoms with Crippen molar-refractivity contribution >= 4 is 15.7 Å². The summed E-state index contributed by atoms with van der Waals surface area (Å²) in [6, 6.07) is 18.7. The van der Waals surface area contributed by atoms with Crippen molar-refractivity contribution in [2.75, 3.05) is 6.54 Å². The third-order valence-electron chi connectivity index (χ3n) is 4.50. The van der Waals surface area contributed by atoms with Crippen molar-refractivity contribution in [1.82, 2.24) is 19.4 Å². The highest BCUT2D eigenvalue weighted by Gasteiger charge is 2.37. The molecule has 140 valence electrons. The van der Waals surface area contributed by atoms with Crippen LogP contribution in [-0.4, -0.2) is 40.1 Å². The van der Waals surface area contributed by atoms with Crippen LogP contribution in [0.5, 0.6) is 0 Å². The van der Waals surface area contributed by atoms with Gasteiger partial charge in [-0.25, -0.2) is 0 Å². The number of sulfonamides is 1. The number of aromatic nitrogens is 3. The predicted octanol–water partition coefficient (Wildman–Crippen LogP) is 1.88. The van der Waals surface area contributed by atoms with Crippen molar-refractivity contribution in [2.45, 2.75) is 10.9 Å². The average Bonchev–Trinajstić information content (AvgIpc) is 3.36. The summed E-state index contributed by atoms with van der Waals surface area (Å²) in [6.07, 6.45) is 1.34. The van der Waals surface area contributed by atoms with Crippen LogP contribution in [0, 0.1) is 11.3 Å². The predicted molar refractivity (Wildman–Crippen MR) is 102 cm³/mol. The molecule has 1 aliphatic heterocycles. The number of nitrogens with zero attached hydrogens (tertiary/aromatic N) is 6. The molecule has 1 atom stereocenters. The first-order valence-electron chi connectivity index (χ1n) is 8.52. The molecule has 2 heterocycles. The molecule has 0 bridgehead atoms. The molecule has 1 unspecified atom stereocenters. The Labute approximate surface area is 162 Å². The fraction of sp³-hybridized carbons (Fsp3) is 0.158. The Morgan fingerprint density at radius 2 is 1.93 bits per heavy atom. The van der Waals surface area contributed by atoms with Crippen molar-refractivity contribution in [3.8, 4) is 6.07 Å². The highest BCUT2D eigenvalue weighted by Crippen LogP contribution is 2.32. The first kappa shape index (κ1) is 17.9. The van der Waals surface area contributed by atoms with Gasteiger partial charge in [0.25, 0.3) is 10.0 Å². The third-order valence-corrected chi connectivity index (χ3v) is 6.00. The molecule has 0 radical (unpaired) electrons. The maximum absolute atomic E-state index is 13.0. The van der Waals surface area contributed by atoms with Crippen molar-refractivity contribution < 1.29 is 8.42 Å². The minimum Gasteiger partial charge on any atom is -0.254 e. The van der Waals surface area contributed by atoms with Crippen molar-refractivity contribution in [3.63, 3.8) is 0 Å². The Kier molecular flexibility index (Phi) is 4.41. The Hall–Kier alpha value is -3.51. The zero-order valence-corrected chi connectivity index (χ0v) is 15.8. The van der Waals surface area contributed by atoms with Gasteiger partial charge in [0.05, 0.1) is 30.1 Å². The smallest absolute Gasteiger partial charge is 0.254 e. The average molecular weight is 392 g/mol. The quantitative estimate of drug-likeness (QED) is 0.674. The normalized spacial score (nSPS) is 16.6. The van der Waals surface area contributed by atoms with Crippen molar-refractivity contribution in [2.24, 2.45) is 12.1 Å². The van der Waals surface area contributed by atoms with Crippen LogP contribution in [0.1, 0.15) is 22.6 Å². The summed E-state index contributed by atoms with van der Waals surface area (Å²) in [5.74, 6) is -0.304. The Bertz CT molecular complexity index is 1190. The van der Waals surface area contributed by atoms with Crippen LogP contribution < -0.4 is 0 Å². The van der Waals surface area contributed by atoms with Gasteiger partial charge in [0.2, 0.25) is 5.03 Å². The second-order valence-electron chi connectivity index (χ2n) is 6.38. The molecule has 0 spiro atoms. The number of hydrogen-bond donors (Lipinski definition) is 0. The first-order chi connectivity index (χ1) is 13.5. The molecule has 0 amide bonds. The lowest BCUT2D eigenvalue weighted by atomic mass is 9.90. The summed E-state index contributed by atoms with van der Waals surface area (Å²) in [6.45, 7) is 0.123. The fourth-order valence-corrected chi connectivity index (χ4v) is 4.32. The largest absolute Gasteiger partial charge is 0.300 e. The van der Waals surface area contributed by atoms with E-state index in [0.29, 0.717) is 11.3 Å². The second-order valence-corrected chi connectivity index (χ2v) is 8.17. The van der Waals surface area contributed by atoms with E-state index in [0.717, 1.165) is 15.5 Å². The van der Waals surface area contributed by atoms with E-state index >= 15 is 0 Å². The minimum absolute atomic E-state index is 0.123. The zero-order chi connectivity index (χ0) is 19.7. The van der Waals surface area contributed by atoms with Gasteiger partial charge in [-0.15, -0.1) is 5.10 Å². The fourth-order valence-electron chi connectivity index (χ4n) is 3.13. The van der Waals surface area contributed by atoms with Crippen LogP contribution in [0.25, 0.3) is 0 Å². The van der Waals surface area contributed by atoms with Gasteiger partial charge in [0.1, 0.15) is 0 Å². The van der Waals surface area contributed by atoms with Crippen LogP contribution in [0.4, 0.5) is 0 Å². The van der Waals surface area contributed by atoms with E-state index in [9.17, 15) is 13.7 Å². The van der Waals surface area contributed by atoms with E-state index < -0.39 is 10.0 Å². The summed E-state index contributed by atoms with van der Waals surface area (Å²) >= 11 is 0. The summed E-state index contributed by atoms with van der Waals surface area (Å²) in [7, 11) is -2.33. The maximum atomic E-state index is 13.0. The number of hydrazone groups is 1. The SMILES string of the molecule is Cn1cc(S(=O)(=O)N2CC(c3cccc(C#N)c3)C(c3ccccc3)=N2)nn1. The summed E-state index contributed by atoms with van der Waals surface area (Å²) in [5.41, 5.74) is 2.80. The van der Waals surface area contributed by atoms with Crippen LogP contribution >= 0.6 is 0 Å².